The molecule has 0 aromatic heterocycles. The molecule has 0 aliphatic heterocycles. The standard InChI is InChI=1S/C65H126O17P2/c1-9-57(7)43-35-27-19-14-15-20-29-37-45-62(67)75-51-60(81-64(69)47-39-31-21-13-11-12-17-25-33-41-55(3)4)53-79-83(71,72)77-49-59(66)50-78-84(73,74)80-54-61(82-65(70)48-40-32-24-23-28-36-44-58(8)10-2)52-76-63(68)46-38-30-22-16-18-26-34-42-56(5)6/h55-61,66H,9-54H2,1-8H3,(H,71,72)(H,73,74)/t57?,58?,59?,60-,61-/m1/s1. The number of phosphoric ester groups is 2. The van der Waals surface area contributed by atoms with Gasteiger partial charge in [-0.1, -0.05) is 261 Å². The number of hydrogen-bond acceptors (Lipinski definition) is 15. The number of hydrogen-bond donors (Lipinski definition) is 3. The van der Waals surface area contributed by atoms with Crippen molar-refractivity contribution in [3.8, 4) is 0 Å². The summed E-state index contributed by atoms with van der Waals surface area (Å²) in [5.41, 5.74) is 0. The molecule has 0 aromatic rings. The maximum atomic E-state index is 13.0. The summed E-state index contributed by atoms with van der Waals surface area (Å²) in [7, 11) is -9.89. The van der Waals surface area contributed by atoms with Crippen LogP contribution in [0.5, 0.6) is 0 Å². The minimum Gasteiger partial charge on any atom is -0.462 e. The normalized spacial score (nSPS) is 15.1. The smallest absolute Gasteiger partial charge is 0.462 e. The largest absolute Gasteiger partial charge is 0.472 e. The van der Waals surface area contributed by atoms with Crippen molar-refractivity contribution < 1.29 is 80.2 Å². The summed E-state index contributed by atoms with van der Waals surface area (Å²) in [4.78, 5) is 72.3. The summed E-state index contributed by atoms with van der Waals surface area (Å²) >= 11 is 0. The first kappa shape index (κ1) is 82.1. The fraction of sp³-hybridized carbons (Fsp3) is 0.938. The van der Waals surface area contributed by atoms with E-state index in [2.05, 4.69) is 55.4 Å². The van der Waals surface area contributed by atoms with E-state index in [1.54, 1.807) is 0 Å². The summed E-state index contributed by atoms with van der Waals surface area (Å²) < 4.78 is 68.0. The van der Waals surface area contributed by atoms with Crippen LogP contribution in [0.1, 0.15) is 312 Å². The van der Waals surface area contributed by atoms with E-state index in [-0.39, 0.29) is 25.7 Å². The SMILES string of the molecule is CCC(C)CCCCCCCCCCC(=O)OC[C@H](COP(=O)(O)OCC(O)COP(=O)(O)OC[C@@H](COC(=O)CCCCCCCCCC(C)C)OC(=O)CCCCCCCCC(C)CC)OC(=O)CCCCCCCCCCCC(C)C. The Hall–Kier alpha value is -1.94. The van der Waals surface area contributed by atoms with Crippen LogP contribution in [0.15, 0.2) is 0 Å². The van der Waals surface area contributed by atoms with Gasteiger partial charge in [0.05, 0.1) is 26.4 Å². The fourth-order valence-electron chi connectivity index (χ4n) is 9.54. The van der Waals surface area contributed by atoms with Crippen LogP contribution in [0.3, 0.4) is 0 Å². The molecule has 0 amide bonds. The highest BCUT2D eigenvalue weighted by atomic mass is 31.2. The molecule has 0 bridgehead atoms. The van der Waals surface area contributed by atoms with Crippen molar-refractivity contribution in [2.45, 2.75) is 331 Å². The van der Waals surface area contributed by atoms with Gasteiger partial charge < -0.3 is 33.8 Å². The van der Waals surface area contributed by atoms with Gasteiger partial charge in [-0.15, -0.1) is 0 Å². The molecule has 17 nitrogen and oxygen atoms in total. The van der Waals surface area contributed by atoms with E-state index in [1.165, 1.54) is 109 Å². The van der Waals surface area contributed by atoms with Gasteiger partial charge >= 0.3 is 39.5 Å². The zero-order chi connectivity index (χ0) is 62.5. The van der Waals surface area contributed by atoms with Gasteiger partial charge in [-0.2, -0.15) is 0 Å². The van der Waals surface area contributed by atoms with Gasteiger partial charge in [0.25, 0.3) is 0 Å². The van der Waals surface area contributed by atoms with Crippen LogP contribution in [-0.4, -0.2) is 96.7 Å². The third-order valence-corrected chi connectivity index (χ3v) is 17.4. The van der Waals surface area contributed by atoms with Gasteiger partial charge in [-0.25, -0.2) is 9.13 Å². The molecule has 498 valence electrons. The van der Waals surface area contributed by atoms with Gasteiger partial charge in [0.2, 0.25) is 0 Å². The topological polar surface area (TPSA) is 237 Å². The third kappa shape index (κ3) is 56.6. The van der Waals surface area contributed by atoms with Crippen molar-refractivity contribution in [2.75, 3.05) is 39.6 Å². The van der Waals surface area contributed by atoms with E-state index in [1.807, 2.05) is 0 Å². The van der Waals surface area contributed by atoms with Gasteiger partial charge in [0.1, 0.15) is 19.3 Å². The molecule has 0 aromatic carbocycles. The lowest BCUT2D eigenvalue weighted by atomic mass is 9.99. The summed E-state index contributed by atoms with van der Waals surface area (Å²) in [5, 5.41) is 10.5. The molecular weight excluding hydrogens is 1110 g/mol. The van der Waals surface area contributed by atoms with Gasteiger partial charge in [0.15, 0.2) is 12.2 Å². The van der Waals surface area contributed by atoms with Crippen molar-refractivity contribution in [1.82, 2.24) is 0 Å². The van der Waals surface area contributed by atoms with E-state index in [4.69, 9.17) is 37.0 Å². The molecule has 5 unspecified atom stereocenters. The number of rotatable bonds is 62. The minimum atomic E-state index is -4.95. The monoisotopic (exact) mass is 1240 g/mol. The number of aliphatic hydroxyl groups excluding tert-OH is 1. The van der Waals surface area contributed by atoms with Crippen LogP contribution in [-0.2, 0) is 65.4 Å². The Balaban J connectivity index is 5.27. The highest BCUT2D eigenvalue weighted by molar-refractivity contribution is 7.47. The Labute approximate surface area is 511 Å². The van der Waals surface area contributed by atoms with E-state index >= 15 is 0 Å². The second-order valence-corrected chi connectivity index (χ2v) is 27.8. The molecule has 0 rings (SSSR count). The molecule has 3 N–H and O–H groups in total. The Morgan fingerprint density at radius 3 is 0.845 bits per heavy atom. The number of carbonyl (C=O) groups is 4. The van der Waals surface area contributed by atoms with Gasteiger partial charge in [0, 0.05) is 25.7 Å². The number of aliphatic hydroxyl groups is 1. The van der Waals surface area contributed by atoms with Crippen LogP contribution < -0.4 is 0 Å². The summed E-state index contributed by atoms with van der Waals surface area (Å²) in [6.07, 6.45) is 34.9. The molecule has 0 radical (unpaired) electrons. The lowest BCUT2D eigenvalue weighted by molar-refractivity contribution is -0.161. The number of phosphoric acid groups is 2. The van der Waals surface area contributed by atoms with Crippen LogP contribution in [0, 0.1) is 23.7 Å². The first-order valence-corrected chi connectivity index (χ1v) is 36.8. The van der Waals surface area contributed by atoms with Crippen molar-refractivity contribution in [1.29, 1.82) is 0 Å². The molecule has 0 aliphatic carbocycles. The maximum absolute atomic E-state index is 13.0. The van der Waals surface area contributed by atoms with Gasteiger partial charge in [-0.05, 0) is 49.4 Å². The molecule has 0 heterocycles. The van der Waals surface area contributed by atoms with E-state index in [9.17, 15) is 43.2 Å². The second kappa shape index (κ2) is 55.2. The molecule has 0 fully saturated rings. The average molecular weight is 1240 g/mol. The van der Waals surface area contributed by atoms with Crippen molar-refractivity contribution in [2.24, 2.45) is 23.7 Å². The zero-order valence-electron chi connectivity index (χ0n) is 54.5. The number of carbonyl (C=O) groups excluding carboxylic acids is 4. The Morgan fingerprint density at radius 1 is 0.333 bits per heavy atom. The average Bonchev–Trinajstić information content (AvgIpc) is 3.45. The zero-order valence-corrected chi connectivity index (χ0v) is 56.3. The minimum absolute atomic E-state index is 0.101. The fourth-order valence-corrected chi connectivity index (χ4v) is 11.1. The third-order valence-electron chi connectivity index (χ3n) is 15.5. The molecule has 0 spiro atoms. The molecular formula is C65H126O17P2. The van der Waals surface area contributed by atoms with Crippen molar-refractivity contribution >= 4 is 39.5 Å². The number of ether oxygens (including phenoxy) is 4. The summed E-state index contributed by atoms with van der Waals surface area (Å²) in [6, 6.07) is 0. The van der Waals surface area contributed by atoms with Crippen molar-refractivity contribution in [3.63, 3.8) is 0 Å². The molecule has 84 heavy (non-hydrogen) atoms. The number of esters is 4. The molecule has 0 aliphatic rings. The van der Waals surface area contributed by atoms with E-state index < -0.39 is 97.5 Å². The maximum Gasteiger partial charge on any atom is 0.472 e. The molecule has 0 saturated carbocycles. The first-order chi connectivity index (χ1) is 40.2. The second-order valence-electron chi connectivity index (χ2n) is 24.9. The van der Waals surface area contributed by atoms with Crippen molar-refractivity contribution in [3.05, 3.63) is 0 Å². The lowest BCUT2D eigenvalue weighted by Gasteiger charge is -2.21. The molecule has 0 saturated heterocycles. The van der Waals surface area contributed by atoms with Crippen LogP contribution >= 0.6 is 15.6 Å². The van der Waals surface area contributed by atoms with E-state index in [0.717, 1.165) is 114 Å². The summed E-state index contributed by atoms with van der Waals surface area (Å²) in [6.45, 7) is 14.0. The predicted octanol–water partition coefficient (Wildman–Crippen LogP) is 17.8. The molecule has 19 heteroatoms. The first-order valence-electron chi connectivity index (χ1n) is 33.8. The predicted molar refractivity (Wildman–Crippen MR) is 335 cm³/mol. The van der Waals surface area contributed by atoms with Crippen LogP contribution in [0.4, 0.5) is 0 Å². The Morgan fingerprint density at radius 2 is 0.571 bits per heavy atom. The highest BCUT2D eigenvalue weighted by Gasteiger charge is 2.30. The number of unbranched alkanes of at least 4 members (excludes halogenated alkanes) is 26. The summed E-state index contributed by atoms with van der Waals surface area (Å²) in [5.74, 6) is 0.799. The lowest BCUT2D eigenvalue weighted by Crippen LogP contribution is -2.30. The Kier molecular flexibility index (Phi) is 53.9. The van der Waals surface area contributed by atoms with E-state index in [0.29, 0.717) is 31.6 Å². The highest BCUT2D eigenvalue weighted by Crippen LogP contribution is 2.45. The quantitative estimate of drug-likeness (QED) is 0.0222. The van der Waals surface area contributed by atoms with Crippen LogP contribution in [0.25, 0.3) is 0 Å². The molecule has 7 atom stereocenters. The van der Waals surface area contributed by atoms with Gasteiger partial charge in [-0.3, -0.25) is 37.3 Å². The van der Waals surface area contributed by atoms with Crippen LogP contribution in [0.2, 0.25) is 0 Å². The Bertz CT molecular complexity index is 1680.